The third kappa shape index (κ3) is 4.16. The quantitative estimate of drug-likeness (QED) is 0.763. The molecular weight excluding hydrogens is 228 g/mol. The van der Waals surface area contributed by atoms with E-state index < -0.39 is 0 Å². The summed E-state index contributed by atoms with van der Waals surface area (Å²) in [7, 11) is 0. The maximum Gasteiger partial charge on any atom is 0.314 e. The first-order chi connectivity index (χ1) is 8.66. The Hall–Kier alpha value is -0.770. The third-order valence-corrected chi connectivity index (χ3v) is 3.98. The molecule has 1 heterocycles. The second-order valence-corrected chi connectivity index (χ2v) is 6.00. The zero-order valence-electron chi connectivity index (χ0n) is 11.6. The molecule has 0 aromatic rings. The maximum atomic E-state index is 11.6. The Morgan fingerprint density at radius 3 is 2.72 bits per heavy atom. The van der Waals surface area contributed by atoms with E-state index in [1.54, 1.807) is 0 Å². The molecule has 0 radical (unpaired) electrons. The average molecular weight is 254 g/mol. The number of rotatable bonds is 6. The van der Waals surface area contributed by atoms with Crippen molar-refractivity contribution in [2.75, 3.05) is 19.7 Å². The van der Waals surface area contributed by atoms with Gasteiger partial charge in [0.15, 0.2) is 0 Å². The molecule has 0 bridgehead atoms. The van der Waals surface area contributed by atoms with Crippen LogP contribution in [0.15, 0.2) is 0 Å². The van der Waals surface area contributed by atoms with Gasteiger partial charge in [-0.2, -0.15) is 0 Å². The standard InChI is InChI=1S/C14H26N2O2/c1-10(2)13-12(6-8-18-13)9-16-14(17)15-7-5-11-3-4-11/h10-13H,3-9H2,1-2H3,(H2,15,16,17)/t12-,13-/m0/s1. The summed E-state index contributed by atoms with van der Waals surface area (Å²) in [5.74, 6) is 1.87. The first kappa shape index (κ1) is 13.7. The van der Waals surface area contributed by atoms with Gasteiger partial charge in [-0.15, -0.1) is 0 Å². The molecule has 0 spiro atoms. The number of urea groups is 1. The Bertz CT molecular complexity index is 277. The molecule has 2 N–H and O–H groups in total. The van der Waals surface area contributed by atoms with E-state index in [9.17, 15) is 4.79 Å². The van der Waals surface area contributed by atoms with Crippen LogP contribution >= 0.6 is 0 Å². The Morgan fingerprint density at radius 2 is 2.06 bits per heavy atom. The summed E-state index contributed by atoms with van der Waals surface area (Å²) in [4.78, 5) is 11.6. The molecule has 2 atom stereocenters. The number of amides is 2. The van der Waals surface area contributed by atoms with Crippen molar-refractivity contribution in [1.29, 1.82) is 0 Å². The molecule has 2 fully saturated rings. The lowest BCUT2D eigenvalue weighted by molar-refractivity contribution is 0.0545. The number of hydrogen-bond donors (Lipinski definition) is 2. The van der Waals surface area contributed by atoms with Crippen LogP contribution in [-0.2, 0) is 4.74 Å². The monoisotopic (exact) mass is 254 g/mol. The zero-order valence-corrected chi connectivity index (χ0v) is 11.6. The molecule has 4 nitrogen and oxygen atoms in total. The number of nitrogens with one attached hydrogen (secondary N) is 2. The van der Waals surface area contributed by atoms with Crippen molar-refractivity contribution in [3.63, 3.8) is 0 Å². The van der Waals surface area contributed by atoms with Crippen molar-refractivity contribution in [3.05, 3.63) is 0 Å². The van der Waals surface area contributed by atoms with Gasteiger partial charge in [-0.25, -0.2) is 4.79 Å². The van der Waals surface area contributed by atoms with Crippen LogP contribution in [0.4, 0.5) is 4.79 Å². The van der Waals surface area contributed by atoms with Gasteiger partial charge < -0.3 is 15.4 Å². The molecular formula is C14H26N2O2. The van der Waals surface area contributed by atoms with Crippen LogP contribution in [-0.4, -0.2) is 31.8 Å². The fourth-order valence-corrected chi connectivity index (χ4v) is 2.69. The second-order valence-electron chi connectivity index (χ2n) is 6.00. The van der Waals surface area contributed by atoms with E-state index in [0.29, 0.717) is 17.9 Å². The van der Waals surface area contributed by atoms with Gasteiger partial charge in [0.1, 0.15) is 0 Å². The molecule has 1 aliphatic heterocycles. The van der Waals surface area contributed by atoms with Crippen LogP contribution in [0.1, 0.15) is 39.5 Å². The number of carbonyl (C=O) groups excluding carboxylic acids is 1. The fourth-order valence-electron chi connectivity index (χ4n) is 2.69. The SMILES string of the molecule is CC(C)[C@@H]1OCC[C@H]1CNC(=O)NCCC1CC1. The average Bonchev–Trinajstić information content (AvgIpc) is 3.02. The highest BCUT2D eigenvalue weighted by molar-refractivity contribution is 5.73. The van der Waals surface area contributed by atoms with Crippen molar-refractivity contribution in [1.82, 2.24) is 10.6 Å². The zero-order chi connectivity index (χ0) is 13.0. The van der Waals surface area contributed by atoms with Gasteiger partial charge in [-0.3, -0.25) is 0 Å². The molecule has 18 heavy (non-hydrogen) atoms. The normalized spacial score (nSPS) is 27.5. The molecule has 1 saturated heterocycles. The highest BCUT2D eigenvalue weighted by Crippen LogP contribution is 2.31. The third-order valence-electron chi connectivity index (χ3n) is 3.98. The van der Waals surface area contributed by atoms with Crippen LogP contribution < -0.4 is 10.6 Å². The highest BCUT2D eigenvalue weighted by atomic mass is 16.5. The van der Waals surface area contributed by atoms with Gasteiger partial charge in [0.25, 0.3) is 0 Å². The molecule has 4 heteroatoms. The van der Waals surface area contributed by atoms with E-state index in [0.717, 1.165) is 38.5 Å². The lowest BCUT2D eigenvalue weighted by Gasteiger charge is -2.22. The summed E-state index contributed by atoms with van der Waals surface area (Å²) in [5, 5.41) is 5.90. The van der Waals surface area contributed by atoms with Crippen molar-refractivity contribution >= 4 is 6.03 Å². The minimum Gasteiger partial charge on any atom is -0.378 e. The molecule has 0 aromatic carbocycles. The van der Waals surface area contributed by atoms with E-state index in [1.807, 2.05) is 0 Å². The van der Waals surface area contributed by atoms with Gasteiger partial charge in [0.05, 0.1) is 6.10 Å². The number of ether oxygens (including phenoxy) is 1. The van der Waals surface area contributed by atoms with Gasteiger partial charge in [-0.05, 0) is 24.7 Å². The second kappa shape index (κ2) is 6.41. The number of carbonyl (C=O) groups is 1. The van der Waals surface area contributed by atoms with Crippen LogP contribution in [0, 0.1) is 17.8 Å². The predicted molar refractivity (Wildman–Crippen MR) is 71.4 cm³/mol. The summed E-state index contributed by atoms with van der Waals surface area (Å²) < 4.78 is 5.71. The van der Waals surface area contributed by atoms with Crippen LogP contribution in [0.2, 0.25) is 0 Å². The van der Waals surface area contributed by atoms with Crippen LogP contribution in [0.3, 0.4) is 0 Å². The van der Waals surface area contributed by atoms with E-state index in [1.165, 1.54) is 12.8 Å². The highest BCUT2D eigenvalue weighted by Gasteiger charge is 2.30. The van der Waals surface area contributed by atoms with Crippen molar-refractivity contribution in [3.8, 4) is 0 Å². The topological polar surface area (TPSA) is 50.4 Å². The van der Waals surface area contributed by atoms with Crippen molar-refractivity contribution in [2.24, 2.45) is 17.8 Å². The maximum absolute atomic E-state index is 11.6. The van der Waals surface area contributed by atoms with E-state index in [4.69, 9.17) is 4.74 Å². The first-order valence-electron chi connectivity index (χ1n) is 7.30. The smallest absolute Gasteiger partial charge is 0.314 e. The fraction of sp³-hybridized carbons (Fsp3) is 0.929. The van der Waals surface area contributed by atoms with E-state index in [2.05, 4.69) is 24.5 Å². The lowest BCUT2D eigenvalue weighted by Crippen LogP contribution is -2.41. The Labute approximate surface area is 110 Å². The summed E-state index contributed by atoms with van der Waals surface area (Å²) in [5.41, 5.74) is 0. The molecule has 104 valence electrons. The minimum absolute atomic E-state index is 0.0231. The van der Waals surface area contributed by atoms with Gasteiger partial charge in [-0.1, -0.05) is 26.7 Å². The Morgan fingerprint density at radius 1 is 1.28 bits per heavy atom. The molecule has 2 amide bonds. The van der Waals surface area contributed by atoms with Crippen molar-refractivity contribution < 1.29 is 9.53 Å². The van der Waals surface area contributed by atoms with Gasteiger partial charge in [0, 0.05) is 25.6 Å². The van der Waals surface area contributed by atoms with Crippen LogP contribution in [0.25, 0.3) is 0 Å². The lowest BCUT2D eigenvalue weighted by atomic mass is 9.93. The minimum atomic E-state index is -0.0231. The molecule has 2 aliphatic rings. The summed E-state index contributed by atoms with van der Waals surface area (Å²) in [6.07, 6.45) is 5.19. The van der Waals surface area contributed by atoms with Gasteiger partial charge in [0.2, 0.25) is 0 Å². The molecule has 1 aliphatic carbocycles. The molecule has 0 aromatic heterocycles. The molecule has 0 unspecified atom stereocenters. The summed E-state index contributed by atoms with van der Waals surface area (Å²) in [6, 6.07) is -0.0231. The molecule has 2 rings (SSSR count). The largest absolute Gasteiger partial charge is 0.378 e. The van der Waals surface area contributed by atoms with E-state index >= 15 is 0 Å². The van der Waals surface area contributed by atoms with E-state index in [-0.39, 0.29) is 6.03 Å². The van der Waals surface area contributed by atoms with Crippen LogP contribution in [0.5, 0.6) is 0 Å². The Balaban J connectivity index is 1.59. The summed E-state index contributed by atoms with van der Waals surface area (Å²) in [6.45, 7) is 6.74. The Kier molecular flexibility index (Phi) is 4.87. The predicted octanol–water partition coefficient (Wildman–Crippen LogP) is 2.15. The van der Waals surface area contributed by atoms with Gasteiger partial charge >= 0.3 is 6.03 Å². The number of hydrogen-bond acceptors (Lipinski definition) is 2. The molecule has 1 saturated carbocycles. The summed E-state index contributed by atoms with van der Waals surface area (Å²) >= 11 is 0. The van der Waals surface area contributed by atoms with Crippen molar-refractivity contribution in [2.45, 2.75) is 45.6 Å². The first-order valence-corrected chi connectivity index (χ1v) is 7.30.